The van der Waals surface area contributed by atoms with E-state index in [2.05, 4.69) is 16.7 Å². The van der Waals surface area contributed by atoms with Crippen LogP contribution in [0.1, 0.15) is 38.5 Å². The topological polar surface area (TPSA) is 41.1 Å². The molecule has 2 rings (SSSR count). The average molecular weight is 341 g/mol. The number of hydrogen-bond donors (Lipinski definition) is 2. The molecule has 0 fully saturated rings. The number of hydrogen-bond acceptors (Lipinski definition) is 2. The van der Waals surface area contributed by atoms with Gasteiger partial charge in [0.2, 0.25) is 5.91 Å². The van der Waals surface area contributed by atoms with Crippen molar-refractivity contribution in [1.82, 2.24) is 5.32 Å². The van der Waals surface area contributed by atoms with Gasteiger partial charge in [-0.25, -0.2) is 0 Å². The van der Waals surface area contributed by atoms with Crippen LogP contribution in [-0.4, -0.2) is 19.0 Å². The molecule has 1 aromatic rings. The van der Waals surface area contributed by atoms with Crippen LogP contribution >= 0.6 is 23.2 Å². The fraction of sp³-hybridized carbons (Fsp3) is 0.471. The molecule has 0 aromatic heterocycles. The minimum absolute atomic E-state index is 0.0482. The van der Waals surface area contributed by atoms with Crippen LogP contribution in [-0.2, 0) is 4.79 Å². The maximum atomic E-state index is 11.8. The first-order valence-electron chi connectivity index (χ1n) is 7.79. The van der Waals surface area contributed by atoms with Crippen molar-refractivity contribution >= 4 is 34.8 Å². The highest BCUT2D eigenvalue weighted by molar-refractivity contribution is 6.39. The molecule has 22 heavy (non-hydrogen) atoms. The van der Waals surface area contributed by atoms with Crippen LogP contribution in [0.3, 0.4) is 0 Å². The van der Waals surface area contributed by atoms with Crippen molar-refractivity contribution in [3.63, 3.8) is 0 Å². The van der Waals surface area contributed by atoms with E-state index in [1.807, 2.05) is 0 Å². The van der Waals surface area contributed by atoms with Gasteiger partial charge in [-0.05, 0) is 44.2 Å². The molecule has 1 aliphatic carbocycles. The number of nitrogens with one attached hydrogen (secondary N) is 2. The smallest absolute Gasteiger partial charge is 0.221 e. The Bertz CT molecular complexity index is 523. The van der Waals surface area contributed by atoms with Crippen LogP contribution in [0.25, 0.3) is 0 Å². The highest BCUT2D eigenvalue weighted by Crippen LogP contribution is 2.29. The lowest BCUT2D eigenvalue weighted by Crippen LogP contribution is -2.26. The number of para-hydroxylation sites is 1. The van der Waals surface area contributed by atoms with Gasteiger partial charge in [-0.2, -0.15) is 0 Å². The number of rotatable bonds is 7. The van der Waals surface area contributed by atoms with Crippen molar-refractivity contribution in [3.05, 3.63) is 39.9 Å². The van der Waals surface area contributed by atoms with Gasteiger partial charge in [0.1, 0.15) is 0 Å². The van der Waals surface area contributed by atoms with Crippen molar-refractivity contribution in [2.75, 3.05) is 18.4 Å². The number of anilines is 1. The van der Waals surface area contributed by atoms with Gasteiger partial charge in [-0.3, -0.25) is 4.79 Å². The second-order valence-electron chi connectivity index (χ2n) is 5.48. The van der Waals surface area contributed by atoms with Gasteiger partial charge in [0.25, 0.3) is 0 Å². The summed E-state index contributed by atoms with van der Waals surface area (Å²) in [6, 6.07) is 5.34. The van der Waals surface area contributed by atoms with E-state index >= 15 is 0 Å². The second kappa shape index (κ2) is 9.06. The van der Waals surface area contributed by atoms with E-state index < -0.39 is 0 Å². The highest BCUT2D eigenvalue weighted by Gasteiger charge is 2.07. The summed E-state index contributed by atoms with van der Waals surface area (Å²) in [6.45, 7) is 1.23. The summed E-state index contributed by atoms with van der Waals surface area (Å²) >= 11 is 12.1. The van der Waals surface area contributed by atoms with E-state index in [1.165, 1.54) is 31.3 Å². The number of allylic oxidation sites excluding steroid dienone is 1. The van der Waals surface area contributed by atoms with E-state index in [1.54, 1.807) is 18.2 Å². The van der Waals surface area contributed by atoms with Gasteiger partial charge in [-0.1, -0.05) is 40.9 Å². The van der Waals surface area contributed by atoms with Crippen LogP contribution in [0.5, 0.6) is 0 Å². The first-order chi connectivity index (χ1) is 10.7. The molecular weight excluding hydrogens is 319 g/mol. The van der Waals surface area contributed by atoms with E-state index in [0.29, 0.717) is 28.7 Å². The lowest BCUT2D eigenvalue weighted by atomic mass is 9.97. The zero-order valence-corrected chi connectivity index (χ0v) is 14.1. The summed E-state index contributed by atoms with van der Waals surface area (Å²) in [5.41, 5.74) is 2.17. The summed E-state index contributed by atoms with van der Waals surface area (Å²) < 4.78 is 0. The van der Waals surface area contributed by atoms with E-state index in [-0.39, 0.29) is 5.91 Å². The number of carbonyl (C=O) groups excluding carboxylic acids is 1. The number of carbonyl (C=O) groups is 1. The Morgan fingerprint density at radius 1 is 1.14 bits per heavy atom. The fourth-order valence-corrected chi connectivity index (χ4v) is 3.08. The Morgan fingerprint density at radius 2 is 1.91 bits per heavy atom. The molecule has 1 aliphatic rings. The van der Waals surface area contributed by atoms with Gasteiger partial charge in [-0.15, -0.1) is 0 Å². The molecule has 0 aliphatic heterocycles. The number of amides is 1. The highest BCUT2D eigenvalue weighted by atomic mass is 35.5. The molecule has 0 atom stereocenters. The summed E-state index contributed by atoms with van der Waals surface area (Å²) in [6.07, 6.45) is 8.63. The molecule has 5 heteroatoms. The second-order valence-corrected chi connectivity index (χ2v) is 6.30. The molecule has 3 nitrogen and oxygen atoms in total. The molecule has 1 aromatic carbocycles. The SMILES string of the molecule is O=C(CCNc1c(Cl)cccc1Cl)NCCC1=CCCCC1. The minimum Gasteiger partial charge on any atom is -0.382 e. The Kier molecular flexibility index (Phi) is 7.07. The van der Waals surface area contributed by atoms with Crippen molar-refractivity contribution in [1.29, 1.82) is 0 Å². The van der Waals surface area contributed by atoms with Gasteiger partial charge >= 0.3 is 0 Å². The molecule has 0 spiro atoms. The third kappa shape index (κ3) is 5.54. The largest absolute Gasteiger partial charge is 0.382 e. The van der Waals surface area contributed by atoms with Gasteiger partial charge in [0.15, 0.2) is 0 Å². The van der Waals surface area contributed by atoms with Crippen LogP contribution in [0, 0.1) is 0 Å². The number of benzene rings is 1. The molecular formula is C17H22Cl2N2O. The third-order valence-electron chi connectivity index (χ3n) is 3.77. The Balaban J connectivity index is 1.64. The molecule has 0 unspecified atom stereocenters. The van der Waals surface area contributed by atoms with Crippen LogP contribution in [0.15, 0.2) is 29.8 Å². The summed E-state index contributed by atoms with van der Waals surface area (Å²) in [5, 5.41) is 7.21. The Morgan fingerprint density at radius 3 is 2.59 bits per heavy atom. The third-order valence-corrected chi connectivity index (χ3v) is 4.40. The fourth-order valence-electron chi connectivity index (χ4n) is 2.55. The molecule has 0 heterocycles. The molecule has 2 N–H and O–H groups in total. The molecule has 120 valence electrons. The van der Waals surface area contributed by atoms with Gasteiger partial charge < -0.3 is 10.6 Å². The first-order valence-corrected chi connectivity index (χ1v) is 8.55. The standard InChI is InChI=1S/C17H22Cl2N2O/c18-14-7-4-8-15(19)17(14)21-12-10-16(22)20-11-9-13-5-2-1-3-6-13/h4-5,7-8,21H,1-3,6,9-12H2,(H,20,22). The molecule has 0 radical (unpaired) electrons. The molecule has 0 saturated carbocycles. The van der Waals surface area contributed by atoms with Gasteiger partial charge in [0.05, 0.1) is 15.7 Å². The average Bonchev–Trinajstić information content (AvgIpc) is 2.51. The summed E-state index contributed by atoms with van der Waals surface area (Å²) in [4.78, 5) is 11.8. The predicted octanol–water partition coefficient (Wildman–Crippen LogP) is 4.80. The van der Waals surface area contributed by atoms with Crippen LogP contribution < -0.4 is 10.6 Å². The van der Waals surface area contributed by atoms with Crippen LogP contribution in [0.4, 0.5) is 5.69 Å². The lowest BCUT2D eigenvalue weighted by Gasteiger charge is -2.13. The van der Waals surface area contributed by atoms with E-state index in [9.17, 15) is 4.79 Å². The van der Waals surface area contributed by atoms with Gasteiger partial charge in [0, 0.05) is 19.5 Å². The zero-order valence-electron chi connectivity index (χ0n) is 12.6. The summed E-state index contributed by atoms with van der Waals surface area (Å²) in [5.74, 6) is 0.0482. The normalized spacial score (nSPS) is 14.4. The minimum atomic E-state index is 0.0482. The van der Waals surface area contributed by atoms with Crippen molar-refractivity contribution in [2.24, 2.45) is 0 Å². The lowest BCUT2D eigenvalue weighted by molar-refractivity contribution is -0.120. The summed E-state index contributed by atoms with van der Waals surface area (Å²) in [7, 11) is 0. The zero-order chi connectivity index (χ0) is 15.8. The van der Waals surface area contributed by atoms with Crippen molar-refractivity contribution in [2.45, 2.75) is 38.5 Å². The van der Waals surface area contributed by atoms with E-state index in [4.69, 9.17) is 23.2 Å². The Labute approximate surface area is 142 Å². The maximum Gasteiger partial charge on any atom is 0.221 e. The molecule has 1 amide bonds. The Hall–Kier alpha value is -1.19. The first kappa shape index (κ1) is 17.2. The monoisotopic (exact) mass is 340 g/mol. The molecule has 0 bridgehead atoms. The van der Waals surface area contributed by atoms with Crippen molar-refractivity contribution in [3.8, 4) is 0 Å². The van der Waals surface area contributed by atoms with Crippen molar-refractivity contribution < 1.29 is 4.79 Å². The van der Waals surface area contributed by atoms with E-state index in [0.717, 1.165) is 13.0 Å². The quantitative estimate of drug-likeness (QED) is 0.699. The maximum absolute atomic E-state index is 11.8. The molecule has 0 saturated heterocycles. The van der Waals surface area contributed by atoms with Crippen LogP contribution in [0.2, 0.25) is 10.0 Å². The number of halogens is 2. The predicted molar refractivity (Wildman–Crippen MR) is 93.7 cm³/mol.